The monoisotopic (exact) mass is 275 g/mol. The predicted octanol–water partition coefficient (Wildman–Crippen LogP) is 2.95. The van der Waals surface area contributed by atoms with Crippen LogP contribution in [0.3, 0.4) is 0 Å². The van der Waals surface area contributed by atoms with Gasteiger partial charge in [-0.1, -0.05) is 54.5 Å². The zero-order chi connectivity index (χ0) is 14.5. The summed E-state index contributed by atoms with van der Waals surface area (Å²) in [4.78, 5) is 4.43. The van der Waals surface area contributed by atoms with Crippen LogP contribution in [0.4, 0.5) is 0 Å². The number of hydrogen-bond acceptors (Lipinski definition) is 3. The molecule has 1 aromatic heterocycles. The molecule has 0 bridgehead atoms. The highest BCUT2D eigenvalue weighted by atomic mass is 16.5. The van der Waals surface area contributed by atoms with Gasteiger partial charge in [-0.3, -0.25) is 0 Å². The Balaban J connectivity index is 2.09. The zero-order valence-electron chi connectivity index (χ0n) is 11.3. The molecule has 0 aliphatic rings. The van der Waals surface area contributed by atoms with Crippen molar-refractivity contribution in [3.05, 3.63) is 60.7 Å². The van der Waals surface area contributed by atoms with Gasteiger partial charge in [0, 0.05) is 5.56 Å². The third kappa shape index (κ3) is 2.77. The van der Waals surface area contributed by atoms with Crippen molar-refractivity contribution in [2.24, 2.45) is 0 Å². The Morgan fingerprint density at radius 2 is 1.67 bits per heavy atom. The molecule has 4 nitrogen and oxygen atoms in total. The maximum Gasteiger partial charge on any atom is 0.337 e. The van der Waals surface area contributed by atoms with Crippen molar-refractivity contribution < 1.29 is 4.74 Å². The fourth-order valence-electron chi connectivity index (χ4n) is 1.98. The SMILES string of the molecule is C#CCOc1nc(-c2ccccc2)n(-c2ccccc2)n1. The molecule has 0 saturated heterocycles. The summed E-state index contributed by atoms with van der Waals surface area (Å²) in [5.41, 5.74) is 1.88. The van der Waals surface area contributed by atoms with E-state index in [9.17, 15) is 0 Å². The van der Waals surface area contributed by atoms with E-state index in [1.165, 1.54) is 0 Å². The number of para-hydroxylation sites is 1. The molecular formula is C17H13N3O. The fraction of sp³-hybridized carbons (Fsp3) is 0.0588. The summed E-state index contributed by atoms with van der Waals surface area (Å²) in [7, 11) is 0. The highest BCUT2D eigenvalue weighted by molar-refractivity contribution is 5.58. The maximum atomic E-state index is 5.34. The van der Waals surface area contributed by atoms with E-state index in [-0.39, 0.29) is 12.6 Å². The average Bonchev–Trinajstić information content (AvgIpc) is 2.99. The summed E-state index contributed by atoms with van der Waals surface area (Å²) in [5, 5.41) is 4.38. The van der Waals surface area contributed by atoms with Gasteiger partial charge in [0.2, 0.25) is 0 Å². The van der Waals surface area contributed by atoms with Crippen LogP contribution in [-0.4, -0.2) is 21.4 Å². The van der Waals surface area contributed by atoms with E-state index in [0.717, 1.165) is 11.3 Å². The van der Waals surface area contributed by atoms with Gasteiger partial charge in [-0.2, -0.15) is 4.98 Å². The second-order valence-electron chi connectivity index (χ2n) is 4.32. The highest BCUT2D eigenvalue weighted by Gasteiger charge is 2.13. The van der Waals surface area contributed by atoms with Gasteiger partial charge < -0.3 is 4.74 Å². The minimum atomic E-state index is 0.146. The zero-order valence-corrected chi connectivity index (χ0v) is 11.3. The molecule has 0 spiro atoms. The average molecular weight is 275 g/mol. The minimum absolute atomic E-state index is 0.146. The Labute approximate surface area is 123 Å². The smallest absolute Gasteiger partial charge is 0.337 e. The van der Waals surface area contributed by atoms with Crippen LogP contribution >= 0.6 is 0 Å². The van der Waals surface area contributed by atoms with E-state index < -0.39 is 0 Å². The highest BCUT2D eigenvalue weighted by Crippen LogP contribution is 2.23. The number of nitrogens with zero attached hydrogens (tertiary/aromatic N) is 3. The lowest BCUT2D eigenvalue weighted by atomic mass is 10.2. The van der Waals surface area contributed by atoms with Gasteiger partial charge in [0.15, 0.2) is 12.4 Å². The second kappa shape index (κ2) is 5.93. The molecule has 0 radical (unpaired) electrons. The molecule has 21 heavy (non-hydrogen) atoms. The Bertz CT molecular complexity index is 701. The molecule has 3 aromatic rings. The number of hydrogen-bond donors (Lipinski definition) is 0. The predicted molar refractivity (Wildman–Crippen MR) is 81.1 cm³/mol. The quantitative estimate of drug-likeness (QED) is 0.687. The lowest BCUT2D eigenvalue weighted by Crippen LogP contribution is -2.00. The van der Waals surface area contributed by atoms with Gasteiger partial charge in [0.25, 0.3) is 0 Å². The molecule has 102 valence electrons. The first-order valence-electron chi connectivity index (χ1n) is 6.52. The van der Waals surface area contributed by atoms with Crippen LogP contribution in [0.25, 0.3) is 17.1 Å². The number of terminal acetylenes is 1. The third-order valence-corrected chi connectivity index (χ3v) is 2.91. The van der Waals surface area contributed by atoms with Crippen LogP contribution in [-0.2, 0) is 0 Å². The first kappa shape index (κ1) is 12.9. The van der Waals surface area contributed by atoms with Crippen molar-refractivity contribution in [1.82, 2.24) is 14.8 Å². The van der Waals surface area contributed by atoms with Crippen LogP contribution < -0.4 is 4.74 Å². The van der Waals surface area contributed by atoms with Crippen LogP contribution in [0.15, 0.2) is 60.7 Å². The van der Waals surface area contributed by atoms with E-state index in [2.05, 4.69) is 16.0 Å². The normalized spacial score (nSPS) is 10.0. The third-order valence-electron chi connectivity index (χ3n) is 2.91. The number of aromatic nitrogens is 3. The molecule has 1 heterocycles. The number of ether oxygens (including phenoxy) is 1. The Morgan fingerprint density at radius 1 is 1.00 bits per heavy atom. The van der Waals surface area contributed by atoms with E-state index >= 15 is 0 Å². The minimum Gasteiger partial charge on any atom is -0.449 e. The first-order valence-corrected chi connectivity index (χ1v) is 6.52. The fourth-order valence-corrected chi connectivity index (χ4v) is 1.98. The number of benzene rings is 2. The van der Waals surface area contributed by atoms with Gasteiger partial charge in [0.1, 0.15) is 0 Å². The molecule has 0 fully saturated rings. The molecular weight excluding hydrogens is 262 g/mol. The van der Waals surface area contributed by atoms with Gasteiger partial charge in [-0.05, 0) is 12.1 Å². The molecule has 0 amide bonds. The van der Waals surface area contributed by atoms with Crippen molar-refractivity contribution in [2.45, 2.75) is 0 Å². The van der Waals surface area contributed by atoms with Crippen molar-refractivity contribution in [1.29, 1.82) is 0 Å². The van der Waals surface area contributed by atoms with Crippen LogP contribution in [0.1, 0.15) is 0 Å². The molecule has 4 heteroatoms. The largest absolute Gasteiger partial charge is 0.449 e. The van der Waals surface area contributed by atoms with Crippen molar-refractivity contribution >= 4 is 0 Å². The molecule has 0 unspecified atom stereocenters. The summed E-state index contributed by atoms with van der Waals surface area (Å²) in [5.74, 6) is 3.13. The molecule has 0 saturated carbocycles. The van der Waals surface area contributed by atoms with E-state index in [1.54, 1.807) is 4.68 Å². The summed E-state index contributed by atoms with van der Waals surface area (Å²) < 4.78 is 7.09. The molecule has 0 atom stereocenters. The van der Waals surface area contributed by atoms with Crippen LogP contribution in [0, 0.1) is 12.3 Å². The van der Waals surface area contributed by atoms with E-state index in [1.807, 2.05) is 60.7 Å². The molecule has 0 N–H and O–H groups in total. The van der Waals surface area contributed by atoms with Gasteiger partial charge in [-0.25, -0.2) is 4.68 Å². The van der Waals surface area contributed by atoms with Crippen LogP contribution in [0.5, 0.6) is 6.01 Å². The molecule has 3 rings (SSSR count). The summed E-state index contributed by atoms with van der Waals surface area (Å²) >= 11 is 0. The Kier molecular flexibility index (Phi) is 3.66. The van der Waals surface area contributed by atoms with Crippen molar-refractivity contribution in [2.75, 3.05) is 6.61 Å². The Morgan fingerprint density at radius 3 is 2.33 bits per heavy atom. The Hall–Kier alpha value is -3.06. The second-order valence-corrected chi connectivity index (χ2v) is 4.32. The topological polar surface area (TPSA) is 39.9 Å². The van der Waals surface area contributed by atoms with Crippen molar-refractivity contribution in [3.8, 4) is 35.4 Å². The standard InChI is InChI=1S/C17H13N3O/c1-2-13-21-17-18-16(14-9-5-3-6-10-14)20(19-17)15-11-7-4-8-12-15/h1,3-12H,13H2. The van der Waals surface area contributed by atoms with Gasteiger partial charge in [0.05, 0.1) is 5.69 Å². The summed E-state index contributed by atoms with van der Waals surface area (Å²) in [6.07, 6.45) is 5.21. The van der Waals surface area contributed by atoms with Gasteiger partial charge in [-0.15, -0.1) is 11.5 Å². The molecule has 0 aliphatic heterocycles. The molecule has 2 aromatic carbocycles. The summed E-state index contributed by atoms with van der Waals surface area (Å²) in [6, 6.07) is 19.9. The maximum absolute atomic E-state index is 5.34. The number of rotatable bonds is 4. The van der Waals surface area contributed by atoms with E-state index in [4.69, 9.17) is 11.2 Å². The summed E-state index contributed by atoms with van der Waals surface area (Å²) in [6.45, 7) is 0.146. The van der Waals surface area contributed by atoms with Crippen LogP contribution in [0.2, 0.25) is 0 Å². The molecule has 0 aliphatic carbocycles. The lowest BCUT2D eigenvalue weighted by molar-refractivity contribution is 0.340. The first-order chi connectivity index (χ1) is 10.4. The van der Waals surface area contributed by atoms with Gasteiger partial charge >= 0.3 is 6.01 Å². The lowest BCUT2D eigenvalue weighted by Gasteiger charge is -2.04. The van der Waals surface area contributed by atoms with E-state index in [0.29, 0.717) is 5.82 Å². The van der Waals surface area contributed by atoms with Crippen molar-refractivity contribution in [3.63, 3.8) is 0 Å².